The number of esters is 4. The molecule has 0 aliphatic heterocycles. The van der Waals surface area contributed by atoms with Crippen LogP contribution < -0.4 is 0 Å². The van der Waals surface area contributed by atoms with Gasteiger partial charge in [-0.2, -0.15) is 0 Å². The van der Waals surface area contributed by atoms with Gasteiger partial charge in [0.2, 0.25) is 0 Å². The molecule has 1 aromatic carbocycles. The first-order chi connectivity index (χ1) is 22.8. The van der Waals surface area contributed by atoms with Gasteiger partial charge in [-0.05, 0) is 74.6 Å². The number of ether oxygens (including phenoxy) is 4. The minimum absolute atomic E-state index is 0.116. The van der Waals surface area contributed by atoms with E-state index in [1.54, 1.807) is 63.2 Å². The third kappa shape index (κ3) is 7.66. The van der Waals surface area contributed by atoms with E-state index in [9.17, 15) is 34.2 Å². The van der Waals surface area contributed by atoms with Gasteiger partial charge in [-0.1, -0.05) is 44.2 Å². The zero-order valence-electron chi connectivity index (χ0n) is 29.7. The Morgan fingerprint density at radius 3 is 2.02 bits per heavy atom. The minimum atomic E-state index is -1.69. The second-order valence-electron chi connectivity index (χ2n) is 14.5. The number of benzene rings is 1. The van der Waals surface area contributed by atoms with Crippen LogP contribution in [0.1, 0.15) is 79.3 Å². The first-order valence-corrected chi connectivity index (χ1v) is 16.5. The summed E-state index contributed by atoms with van der Waals surface area (Å²) in [5, 5.41) is 23.3. The Hall–Kier alpha value is -3.87. The van der Waals surface area contributed by atoms with Crippen LogP contribution in [0.25, 0.3) is 0 Å². The summed E-state index contributed by atoms with van der Waals surface area (Å²) in [6.45, 7) is 10.7. The maximum Gasteiger partial charge on any atom is 0.337 e. The van der Waals surface area contributed by atoms with Crippen molar-refractivity contribution in [1.82, 2.24) is 4.90 Å². The highest BCUT2D eigenvalue weighted by atomic mass is 16.6. The van der Waals surface area contributed by atoms with Gasteiger partial charge in [-0.3, -0.25) is 24.1 Å². The number of rotatable bonds is 8. The van der Waals surface area contributed by atoms with Crippen LogP contribution in [0.4, 0.5) is 0 Å². The zero-order chi connectivity index (χ0) is 36.6. The largest absolute Gasteiger partial charge is 0.461 e. The Balaban J connectivity index is 1.88. The number of likely N-dealkylation sites (N-methyl/N-ethyl adjacent to an activating group) is 1. The Bertz CT molecular complexity index is 1530. The Morgan fingerprint density at radius 2 is 1.47 bits per heavy atom. The number of aliphatic hydroxyl groups excluding tert-OH is 2. The molecule has 2 N–H and O–H groups in total. The molecule has 3 aliphatic carbocycles. The average molecular weight is 684 g/mol. The molecule has 1 fully saturated rings. The number of Topliss-reactive ketones (excluding diaryl/α,β-unsaturated/α-hetero) is 1. The number of ketones is 1. The van der Waals surface area contributed by atoms with Gasteiger partial charge in [0.05, 0.1) is 11.5 Å². The Labute approximate surface area is 287 Å². The lowest BCUT2D eigenvalue weighted by molar-refractivity contribution is -0.174. The molecule has 0 spiro atoms. The summed E-state index contributed by atoms with van der Waals surface area (Å²) in [4.78, 5) is 67.1. The van der Waals surface area contributed by atoms with Crippen molar-refractivity contribution < 1.29 is 53.1 Å². The molecule has 0 amide bonds. The van der Waals surface area contributed by atoms with Crippen molar-refractivity contribution in [2.24, 2.45) is 16.7 Å². The summed E-state index contributed by atoms with van der Waals surface area (Å²) in [5.41, 5.74) is -0.553. The number of fused-ring (bicyclic) bond motifs is 4. The van der Waals surface area contributed by atoms with E-state index in [-0.39, 0.29) is 19.3 Å². The fourth-order valence-electron chi connectivity index (χ4n) is 8.04. The molecule has 9 atom stereocenters. The van der Waals surface area contributed by atoms with Gasteiger partial charge in [0.15, 0.2) is 11.9 Å². The molecule has 0 radical (unpaired) electrons. The highest BCUT2D eigenvalue weighted by molar-refractivity contribution is 5.93. The van der Waals surface area contributed by atoms with E-state index in [2.05, 4.69) is 0 Å². The molecule has 3 aliphatic rings. The van der Waals surface area contributed by atoms with E-state index in [0.717, 1.165) is 0 Å². The molecule has 4 rings (SSSR count). The fourth-order valence-corrected chi connectivity index (χ4v) is 8.04. The molecule has 0 unspecified atom stereocenters. The zero-order valence-corrected chi connectivity index (χ0v) is 29.7. The molecule has 268 valence electrons. The van der Waals surface area contributed by atoms with Crippen LogP contribution in [0.3, 0.4) is 0 Å². The number of hydrogen-bond acceptors (Lipinski definition) is 12. The standard InChI is InChI=1S/C37H49NO11/c1-19-26(46-20(2)39)16-25-28(47-21(3)40)15-24-18-37(7,34(44)32(42)30(19)36(25,5)6)29(48-22(4)41)17-27(24)49-35(45)33(43)31(38(8)9)23-13-11-10-12-14-23/h10-15,25-29,31-33,42-43H,16-18H2,1-9H3/b24-15+/t25-,26+,27+,28+,29+,31+,32+,33-,37-/m1/s1. The summed E-state index contributed by atoms with van der Waals surface area (Å²) in [6, 6.07) is 8.22. The van der Waals surface area contributed by atoms with E-state index < -0.39 is 89.1 Å². The second-order valence-corrected chi connectivity index (χ2v) is 14.5. The number of carbonyl (C=O) groups excluding carboxylic acids is 5. The van der Waals surface area contributed by atoms with Gasteiger partial charge >= 0.3 is 23.9 Å². The molecule has 12 heteroatoms. The normalized spacial score (nSPS) is 31.8. The topological polar surface area (TPSA) is 166 Å². The van der Waals surface area contributed by atoms with Crippen LogP contribution >= 0.6 is 0 Å². The van der Waals surface area contributed by atoms with Crippen LogP contribution in [0.15, 0.2) is 53.1 Å². The van der Waals surface area contributed by atoms with Gasteiger partial charge < -0.3 is 29.2 Å². The first-order valence-electron chi connectivity index (χ1n) is 16.5. The third-order valence-corrected chi connectivity index (χ3v) is 10.4. The lowest BCUT2D eigenvalue weighted by Crippen LogP contribution is -2.57. The highest BCUT2D eigenvalue weighted by Crippen LogP contribution is 2.53. The number of nitrogens with zero attached hydrogens (tertiary/aromatic N) is 1. The van der Waals surface area contributed by atoms with Crippen molar-refractivity contribution in [3.8, 4) is 0 Å². The van der Waals surface area contributed by atoms with Gasteiger partial charge in [0, 0.05) is 33.1 Å². The maximum atomic E-state index is 14.5. The second kappa shape index (κ2) is 14.5. The van der Waals surface area contributed by atoms with Crippen molar-refractivity contribution in [3.63, 3.8) is 0 Å². The van der Waals surface area contributed by atoms with E-state index in [1.165, 1.54) is 20.8 Å². The van der Waals surface area contributed by atoms with Crippen LogP contribution in [-0.4, -0.2) is 95.5 Å². The van der Waals surface area contributed by atoms with Crippen LogP contribution in [0, 0.1) is 16.7 Å². The predicted molar refractivity (Wildman–Crippen MR) is 176 cm³/mol. The summed E-state index contributed by atoms with van der Waals surface area (Å²) in [5.74, 6) is -4.00. The Kier molecular flexibility index (Phi) is 11.3. The van der Waals surface area contributed by atoms with E-state index in [0.29, 0.717) is 22.3 Å². The summed E-state index contributed by atoms with van der Waals surface area (Å²) in [6.07, 6.45) is -5.76. The number of aliphatic hydroxyl groups is 2. The molecular formula is C37H49NO11. The molecule has 0 heterocycles. The SMILES string of the molecule is CC(=O)O[C@H]1C[C@@H]2[C@@H](OC(C)=O)/C=C3\C[C@@](C)(C(=O)[C@@H](O)C(=C1C)C2(C)C)[C@@H](OC(C)=O)C[C@@H]3OC(=O)[C@H](O)[C@H](c1ccccc1)N(C)C. The minimum Gasteiger partial charge on any atom is -0.461 e. The molecule has 0 aromatic heterocycles. The molecule has 12 nitrogen and oxygen atoms in total. The quantitative estimate of drug-likeness (QED) is 0.233. The summed E-state index contributed by atoms with van der Waals surface area (Å²) < 4.78 is 23.3. The molecule has 1 saturated carbocycles. The average Bonchev–Trinajstić information content (AvgIpc) is 2.99. The predicted octanol–water partition coefficient (Wildman–Crippen LogP) is 3.39. The molecule has 1 aromatic rings. The van der Waals surface area contributed by atoms with E-state index in [1.807, 2.05) is 19.9 Å². The van der Waals surface area contributed by atoms with Crippen LogP contribution in [0.5, 0.6) is 0 Å². The van der Waals surface area contributed by atoms with Gasteiger partial charge in [0.1, 0.15) is 30.5 Å². The monoisotopic (exact) mass is 683 g/mol. The molecule has 0 saturated heterocycles. The number of carbonyl (C=O) groups is 5. The fraction of sp³-hybridized carbons (Fsp3) is 0.595. The van der Waals surface area contributed by atoms with Crippen molar-refractivity contribution in [3.05, 3.63) is 58.7 Å². The van der Waals surface area contributed by atoms with Gasteiger partial charge in [-0.25, -0.2) is 4.79 Å². The smallest absolute Gasteiger partial charge is 0.337 e. The first kappa shape index (κ1) is 37.9. The summed E-state index contributed by atoms with van der Waals surface area (Å²) >= 11 is 0. The van der Waals surface area contributed by atoms with Crippen LogP contribution in [-0.2, 0) is 42.9 Å². The molecule has 4 bridgehead atoms. The lowest BCUT2D eigenvalue weighted by atomic mass is 9.57. The van der Waals surface area contributed by atoms with Crippen molar-refractivity contribution >= 4 is 29.7 Å². The van der Waals surface area contributed by atoms with Gasteiger partial charge in [-0.15, -0.1) is 0 Å². The van der Waals surface area contributed by atoms with Crippen LogP contribution in [0.2, 0.25) is 0 Å². The highest BCUT2D eigenvalue weighted by Gasteiger charge is 2.57. The third-order valence-electron chi connectivity index (χ3n) is 10.4. The van der Waals surface area contributed by atoms with Crippen molar-refractivity contribution in [2.75, 3.05) is 14.1 Å². The lowest BCUT2D eigenvalue weighted by Gasteiger charge is -2.51. The summed E-state index contributed by atoms with van der Waals surface area (Å²) in [7, 11) is 3.45. The maximum absolute atomic E-state index is 14.5. The van der Waals surface area contributed by atoms with E-state index >= 15 is 0 Å². The van der Waals surface area contributed by atoms with Crippen molar-refractivity contribution in [1.29, 1.82) is 0 Å². The molecular weight excluding hydrogens is 634 g/mol. The number of hydrogen-bond donors (Lipinski definition) is 2. The molecule has 49 heavy (non-hydrogen) atoms. The van der Waals surface area contributed by atoms with Crippen molar-refractivity contribution in [2.45, 2.75) is 110 Å². The van der Waals surface area contributed by atoms with E-state index in [4.69, 9.17) is 18.9 Å². The van der Waals surface area contributed by atoms with Gasteiger partial charge in [0.25, 0.3) is 0 Å². The Morgan fingerprint density at radius 1 is 0.878 bits per heavy atom.